The van der Waals surface area contributed by atoms with Gasteiger partial charge in [0, 0.05) is 5.56 Å². The van der Waals surface area contributed by atoms with Crippen LogP contribution in [0.5, 0.6) is 5.75 Å². The molecule has 0 aromatic heterocycles. The molecule has 0 unspecified atom stereocenters. The smallest absolute Gasteiger partial charge is 0.349 e. The van der Waals surface area contributed by atoms with Gasteiger partial charge >= 0.3 is 11.9 Å². The van der Waals surface area contributed by atoms with Crippen molar-refractivity contribution in [1.82, 2.24) is 0 Å². The van der Waals surface area contributed by atoms with Crippen LogP contribution >= 0.6 is 0 Å². The molecule has 2 atom stereocenters. The quantitative estimate of drug-likeness (QED) is 0.624. The molecule has 0 fully saturated rings. The maximum atomic E-state index is 11.9. The van der Waals surface area contributed by atoms with E-state index in [1.807, 2.05) is 6.92 Å². The monoisotopic (exact) mass is 294 g/mol. The number of aliphatic hydroxyl groups excluding tert-OH is 2. The van der Waals surface area contributed by atoms with Crippen LogP contribution in [0.1, 0.15) is 47.4 Å². The van der Waals surface area contributed by atoms with Gasteiger partial charge in [0.1, 0.15) is 17.4 Å². The van der Waals surface area contributed by atoms with Gasteiger partial charge in [-0.15, -0.1) is 0 Å². The second-order valence-electron chi connectivity index (χ2n) is 4.96. The highest BCUT2D eigenvalue weighted by molar-refractivity contribution is 6.04. The van der Waals surface area contributed by atoms with Gasteiger partial charge in [-0.1, -0.05) is 25.5 Å². The minimum atomic E-state index is -1.17. The van der Waals surface area contributed by atoms with E-state index in [0.717, 1.165) is 0 Å². The fourth-order valence-corrected chi connectivity index (χ4v) is 2.47. The van der Waals surface area contributed by atoms with Crippen LogP contribution in [0, 0.1) is 0 Å². The van der Waals surface area contributed by atoms with E-state index in [-0.39, 0.29) is 17.7 Å². The van der Waals surface area contributed by atoms with Gasteiger partial charge in [-0.25, -0.2) is 4.79 Å². The second-order valence-corrected chi connectivity index (χ2v) is 4.96. The molecule has 114 valence electrons. The predicted molar refractivity (Wildman–Crippen MR) is 73.0 cm³/mol. The Morgan fingerprint density at radius 2 is 2.05 bits per heavy atom. The normalized spacial score (nSPS) is 17.0. The first-order valence-electron chi connectivity index (χ1n) is 6.80. The van der Waals surface area contributed by atoms with Gasteiger partial charge in [-0.3, -0.25) is 4.79 Å². The number of carbonyl (C=O) groups is 2. The average molecular weight is 294 g/mol. The van der Waals surface area contributed by atoms with Crippen molar-refractivity contribution in [3.8, 4) is 5.75 Å². The summed E-state index contributed by atoms with van der Waals surface area (Å²) >= 11 is 0. The molecule has 2 N–H and O–H groups in total. The summed E-state index contributed by atoms with van der Waals surface area (Å²) in [5.41, 5.74) is 0.940. The highest BCUT2D eigenvalue weighted by atomic mass is 16.6. The number of carbonyl (C=O) groups excluding carboxylic acids is 2. The van der Waals surface area contributed by atoms with Crippen molar-refractivity contribution in [1.29, 1.82) is 0 Å². The Hall–Kier alpha value is -1.92. The van der Waals surface area contributed by atoms with Gasteiger partial charge in [0.2, 0.25) is 0 Å². The first kappa shape index (κ1) is 15.5. The SMILES string of the molecule is CCC[C@@H](O)[C@@H](O)c1ccc2c(c1OC)C(=O)OC(=O)C2. The summed E-state index contributed by atoms with van der Waals surface area (Å²) in [5.74, 6) is -1.27. The molecule has 1 aliphatic rings. The lowest BCUT2D eigenvalue weighted by molar-refractivity contribution is -0.137. The fourth-order valence-electron chi connectivity index (χ4n) is 2.47. The Kier molecular flexibility index (Phi) is 4.59. The van der Waals surface area contributed by atoms with Crippen molar-refractivity contribution in [2.45, 2.75) is 38.4 Å². The number of hydrogen-bond donors (Lipinski definition) is 2. The molecule has 0 aliphatic carbocycles. The molecule has 1 aromatic rings. The van der Waals surface area contributed by atoms with Gasteiger partial charge in [0.15, 0.2) is 0 Å². The summed E-state index contributed by atoms with van der Waals surface area (Å²) in [7, 11) is 1.36. The summed E-state index contributed by atoms with van der Waals surface area (Å²) in [4.78, 5) is 23.2. The molecule has 0 spiro atoms. The van der Waals surface area contributed by atoms with Crippen molar-refractivity contribution in [3.63, 3.8) is 0 Å². The van der Waals surface area contributed by atoms with Crippen LogP contribution < -0.4 is 4.74 Å². The maximum Gasteiger partial charge on any atom is 0.349 e. The lowest BCUT2D eigenvalue weighted by Crippen LogP contribution is -2.25. The molecule has 1 aromatic carbocycles. The zero-order chi connectivity index (χ0) is 15.6. The third-order valence-electron chi connectivity index (χ3n) is 3.49. The molecule has 0 saturated carbocycles. The topological polar surface area (TPSA) is 93.1 Å². The van der Waals surface area contributed by atoms with Crippen LogP contribution in [0.2, 0.25) is 0 Å². The van der Waals surface area contributed by atoms with Gasteiger partial charge in [-0.05, 0) is 12.0 Å². The number of fused-ring (bicyclic) bond motifs is 1. The Morgan fingerprint density at radius 1 is 1.33 bits per heavy atom. The van der Waals surface area contributed by atoms with Crippen molar-refractivity contribution in [2.75, 3.05) is 7.11 Å². The predicted octanol–water partition coefficient (Wildman–Crippen LogP) is 1.13. The molecule has 0 radical (unpaired) electrons. The third-order valence-corrected chi connectivity index (χ3v) is 3.49. The minimum Gasteiger partial charge on any atom is -0.495 e. The molecule has 1 aliphatic heterocycles. The Morgan fingerprint density at radius 3 is 2.67 bits per heavy atom. The van der Waals surface area contributed by atoms with Gasteiger partial charge in [-0.2, -0.15) is 0 Å². The number of benzene rings is 1. The second kappa shape index (κ2) is 6.24. The van der Waals surface area contributed by atoms with Crippen molar-refractivity contribution < 1.29 is 29.3 Å². The van der Waals surface area contributed by atoms with Gasteiger partial charge in [0.05, 0.1) is 19.6 Å². The molecule has 2 rings (SSSR count). The van der Waals surface area contributed by atoms with Gasteiger partial charge in [0.25, 0.3) is 0 Å². The number of aliphatic hydroxyl groups is 2. The van der Waals surface area contributed by atoms with Crippen molar-refractivity contribution in [3.05, 3.63) is 28.8 Å². The zero-order valence-corrected chi connectivity index (χ0v) is 12.0. The van der Waals surface area contributed by atoms with E-state index in [1.54, 1.807) is 12.1 Å². The van der Waals surface area contributed by atoms with Gasteiger partial charge < -0.3 is 19.7 Å². The van der Waals surface area contributed by atoms with Crippen LogP contribution in [-0.4, -0.2) is 35.4 Å². The molecular formula is C15H18O6. The van der Waals surface area contributed by atoms with E-state index in [4.69, 9.17) is 4.74 Å². The van der Waals surface area contributed by atoms with Crippen LogP contribution in [0.3, 0.4) is 0 Å². The van der Waals surface area contributed by atoms with E-state index in [2.05, 4.69) is 4.74 Å². The standard InChI is InChI=1S/C15H18O6/c1-3-4-10(16)13(18)9-6-5-8-7-11(17)21-15(19)12(8)14(9)20-2/h5-6,10,13,16,18H,3-4,7H2,1-2H3/t10-,13+/m1/s1. The van der Waals surface area contributed by atoms with Crippen molar-refractivity contribution >= 4 is 11.9 Å². The molecule has 0 amide bonds. The van der Waals surface area contributed by atoms with Crippen LogP contribution in [0.15, 0.2) is 12.1 Å². The van der Waals surface area contributed by atoms with E-state index in [1.165, 1.54) is 7.11 Å². The lowest BCUT2D eigenvalue weighted by Gasteiger charge is -2.24. The van der Waals surface area contributed by atoms with E-state index in [0.29, 0.717) is 24.0 Å². The first-order valence-corrected chi connectivity index (χ1v) is 6.80. The number of cyclic esters (lactones) is 2. The fraction of sp³-hybridized carbons (Fsp3) is 0.467. The molecule has 0 saturated heterocycles. The van der Waals surface area contributed by atoms with Crippen LogP contribution in [-0.2, 0) is 16.0 Å². The number of methoxy groups -OCH3 is 1. The summed E-state index contributed by atoms with van der Waals surface area (Å²) in [6.07, 6.45) is -1.02. The number of rotatable bonds is 5. The number of esters is 2. The molecule has 0 bridgehead atoms. The lowest BCUT2D eigenvalue weighted by atomic mass is 9.93. The molecule has 21 heavy (non-hydrogen) atoms. The highest BCUT2D eigenvalue weighted by Crippen LogP contribution is 2.36. The Balaban J connectivity index is 2.47. The highest BCUT2D eigenvalue weighted by Gasteiger charge is 2.32. The van der Waals surface area contributed by atoms with E-state index in [9.17, 15) is 19.8 Å². The Bertz CT molecular complexity index is 566. The van der Waals surface area contributed by atoms with E-state index >= 15 is 0 Å². The molecular weight excluding hydrogens is 276 g/mol. The number of hydrogen-bond acceptors (Lipinski definition) is 6. The van der Waals surface area contributed by atoms with Crippen LogP contribution in [0.25, 0.3) is 0 Å². The maximum absolute atomic E-state index is 11.9. The van der Waals surface area contributed by atoms with Crippen LogP contribution in [0.4, 0.5) is 0 Å². The summed E-state index contributed by atoms with van der Waals surface area (Å²) < 4.78 is 9.81. The zero-order valence-electron chi connectivity index (χ0n) is 12.0. The first-order chi connectivity index (χ1) is 9.99. The third kappa shape index (κ3) is 2.91. The average Bonchev–Trinajstić information content (AvgIpc) is 2.45. The molecule has 6 heteroatoms. The minimum absolute atomic E-state index is 0.0225. The number of ether oxygens (including phenoxy) is 2. The largest absolute Gasteiger partial charge is 0.495 e. The summed E-state index contributed by atoms with van der Waals surface area (Å²) in [6, 6.07) is 3.14. The Labute approximate surface area is 122 Å². The van der Waals surface area contributed by atoms with E-state index < -0.39 is 24.1 Å². The summed E-state index contributed by atoms with van der Waals surface area (Å²) in [6.45, 7) is 1.89. The van der Waals surface area contributed by atoms with Crippen molar-refractivity contribution in [2.24, 2.45) is 0 Å². The summed E-state index contributed by atoms with van der Waals surface area (Å²) in [5, 5.41) is 20.2. The molecule has 6 nitrogen and oxygen atoms in total. The molecule has 1 heterocycles.